The molecule has 23 heavy (non-hydrogen) atoms. The van der Waals surface area contributed by atoms with Crippen molar-refractivity contribution in [1.29, 1.82) is 0 Å². The zero-order valence-electron chi connectivity index (χ0n) is 14.9. The SMILES string of the molecule is C=CC1(C)CC(O)C2(C)C(C)CCC3(CCC(=O)C32)C(C)C1=O. The number of aliphatic hydroxyl groups excluding tert-OH is 1. The minimum Gasteiger partial charge on any atom is -0.392 e. The summed E-state index contributed by atoms with van der Waals surface area (Å²) in [4.78, 5) is 26.1. The van der Waals surface area contributed by atoms with Crippen LogP contribution in [0.3, 0.4) is 0 Å². The van der Waals surface area contributed by atoms with E-state index < -0.39 is 16.9 Å². The lowest BCUT2D eigenvalue weighted by atomic mass is 9.44. The van der Waals surface area contributed by atoms with Crippen LogP contribution >= 0.6 is 0 Å². The van der Waals surface area contributed by atoms with Gasteiger partial charge in [-0.05, 0) is 43.9 Å². The fourth-order valence-corrected chi connectivity index (χ4v) is 6.15. The van der Waals surface area contributed by atoms with Crippen molar-refractivity contribution >= 4 is 11.6 Å². The zero-order chi connectivity index (χ0) is 17.2. The van der Waals surface area contributed by atoms with Crippen molar-refractivity contribution in [3.63, 3.8) is 0 Å². The average molecular weight is 318 g/mol. The predicted octanol–water partition coefficient (Wildman–Crippen LogP) is 3.55. The predicted molar refractivity (Wildman–Crippen MR) is 89.8 cm³/mol. The van der Waals surface area contributed by atoms with Gasteiger partial charge in [-0.3, -0.25) is 9.59 Å². The molecule has 0 aromatic heterocycles. The molecule has 3 fully saturated rings. The first kappa shape index (κ1) is 16.9. The maximum absolute atomic E-state index is 13.2. The number of hydrogen-bond acceptors (Lipinski definition) is 3. The van der Waals surface area contributed by atoms with E-state index in [1.807, 2.05) is 13.8 Å². The summed E-state index contributed by atoms with van der Waals surface area (Å²) >= 11 is 0. The quantitative estimate of drug-likeness (QED) is 0.752. The maximum Gasteiger partial charge on any atom is 0.145 e. The van der Waals surface area contributed by atoms with Crippen LogP contribution in [0.1, 0.15) is 59.8 Å². The molecule has 0 radical (unpaired) electrons. The van der Waals surface area contributed by atoms with Crippen LogP contribution in [0.2, 0.25) is 0 Å². The fraction of sp³-hybridized carbons (Fsp3) is 0.800. The molecule has 3 aliphatic rings. The molecule has 0 aliphatic heterocycles. The van der Waals surface area contributed by atoms with Gasteiger partial charge in [-0.25, -0.2) is 0 Å². The third-order valence-corrected chi connectivity index (χ3v) is 8.06. The Labute approximate surface area is 139 Å². The highest BCUT2D eigenvalue weighted by atomic mass is 16.3. The summed E-state index contributed by atoms with van der Waals surface area (Å²) in [6.45, 7) is 12.1. The van der Waals surface area contributed by atoms with Crippen molar-refractivity contribution in [2.45, 2.75) is 65.9 Å². The Hall–Kier alpha value is -0.960. The Morgan fingerprint density at radius 1 is 1.22 bits per heavy atom. The van der Waals surface area contributed by atoms with Crippen molar-refractivity contribution in [2.75, 3.05) is 0 Å². The molecule has 1 N–H and O–H groups in total. The molecule has 128 valence electrons. The lowest BCUT2D eigenvalue weighted by Gasteiger charge is -2.59. The molecular formula is C20H30O3. The topological polar surface area (TPSA) is 54.4 Å². The third kappa shape index (κ3) is 1.92. The monoisotopic (exact) mass is 318 g/mol. The molecule has 3 saturated carbocycles. The Balaban J connectivity index is 2.23. The largest absolute Gasteiger partial charge is 0.392 e. The van der Waals surface area contributed by atoms with Gasteiger partial charge < -0.3 is 5.11 Å². The van der Waals surface area contributed by atoms with Gasteiger partial charge in [0, 0.05) is 29.1 Å². The van der Waals surface area contributed by atoms with Crippen LogP contribution in [-0.2, 0) is 9.59 Å². The number of aliphatic hydroxyl groups is 1. The first-order valence-corrected chi connectivity index (χ1v) is 9.02. The number of allylic oxidation sites excluding steroid dienone is 1. The number of rotatable bonds is 1. The second-order valence-electron chi connectivity index (χ2n) is 8.87. The number of Topliss-reactive ketones (excluding diaryl/α,β-unsaturated/α-hetero) is 2. The van der Waals surface area contributed by atoms with Gasteiger partial charge >= 0.3 is 0 Å². The van der Waals surface area contributed by atoms with Crippen molar-refractivity contribution in [3.8, 4) is 0 Å². The van der Waals surface area contributed by atoms with Gasteiger partial charge in [-0.2, -0.15) is 0 Å². The number of hydrogen-bond donors (Lipinski definition) is 1. The molecular weight excluding hydrogens is 288 g/mol. The van der Waals surface area contributed by atoms with Crippen molar-refractivity contribution < 1.29 is 14.7 Å². The lowest BCUT2D eigenvalue weighted by molar-refractivity contribution is -0.175. The highest BCUT2D eigenvalue weighted by Gasteiger charge is 2.67. The molecule has 3 heteroatoms. The van der Waals surface area contributed by atoms with Crippen molar-refractivity contribution in [2.24, 2.45) is 34.0 Å². The fourth-order valence-electron chi connectivity index (χ4n) is 6.15. The Kier molecular flexibility index (Phi) is 3.68. The van der Waals surface area contributed by atoms with Gasteiger partial charge in [0.15, 0.2) is 0 Å². The molecule has 3 rings (SSSR count). The van der Waals surface area contributed by atoms with Crippen LogP contribution in [0.15, 0.2) is 12.7 Å². The molecule has 0 amide bonds. The molecule has 0 aromatic carbocycles. The van der Waals surface area contributed by atoms with Gasteiger partial charge in [0.05, 0.1) is 6.10 Å². The summed E-state index contributed by atoms with van der Waals surface area (Å²) in [5.41, 5.74) is -1.41. The van der Waals surface area contributed by atoms with E-state index in [0.29, 0.717) is 12.8 Å². The van der Waals surface area contributed by atoms with Crippen LogP contribution in [0.5, 0.6) is 0 Å². The number of carbonyl (C=O) groups is 2. The van der Waals surface area contributed by atoms with Crippen LogP contribution < -0.4 is 0 Å². The van der Waals surface area contributed by atoms with E-state index in [1.54, 1.807) is 6.08 Å². The molecule has 0 heterocycles. The first-order chi connectivity index (χ1) is 10.6. The van der Waals surface area contributed by atoms with Gasteiger partial charge in [-0.15, -0.1) is 6.58 Å². The van der Waals surface area contributed by atoms with Crippen molar-refractivity contribution in [1.82, 2.24) is 0 Å². The summed E-state index contributed by atoms with van der Waals surface area (Å²) in [5.74, 6) is 0.373. The number of carbonyl (C=O) groups excluding carboxylic acids is 2. The van der Waals surface area contributed by atoms with E-state index in [-0.39, 0.29) is 34.7 Å². The van der Waals surface area contributed by atoms with Crippen LogP contribution in [0.4, 0.5) is 0 Å². The Morgan fingerprint density at radius 3 is 2.48 bits per heavy atom. The van der Waals surface area contributed by atoms with Gasteiger partial charge in [-0.1, -0.05) is 26.8 Å². The summed E-state index contributed by atoms with van der Waals surface area (Å²) in [7, 11) is 0. The highest BCUT2D eigenvalue weighted by Crippen LogP contribution is 2.66. The second kappa shape index (κ2) is 5.02. The summed E-state index contributed by atoms with van der Waals surface area (Å²) in [6.07, 6.45) is 4.71. The smallest absolute Gasteiger partial charge is 0.145 e. The molecule has 7 atom stereocenters. The minimum atomic E-state index is -0.708. The summed E-state index contributed by atoms with van der Waals surface area (Å²) < 4.78 is 0. The third-order valence-electron chi connectivity index (χ3n) is 8.06. The van der Waals surface area contributed by atoms with E-state index in [9.17, 15) is 14.7 Å². The van der Waals surface area contributed by atoms with Crippen LogP contribution in [0.25, 0.3) is 0 Å². The van der Waals surface area contributed by atoms with Gasteiger partial charge in [0.25, 0.3) is 0 Å². The number of ketones is 2. The van der Waals surface area contributed by atoms with E-state index in [2.05, 4.69) is 20.4 Å². The molecule has 0 spiro atoms. The lowest BCUT2D eigenvalue weighted by Crippen LogP contribution is -2.61. The van der Waals surface area contributed by atoms with Crippen molar-refractivity contribution in [3.05, 3.63) is 12.7 Å². The van der Waals surface area contributed by atoms with E-state index >= 15 is 0 Å². The normalized spacial score (nSPS) is 53.4. The molecule has 3 nitrogen and oxygen atoms in total. The van der Waals surface area contributed by atoms with Crippen LogP contribution in [-0.4, -0.2) is 22.8 Å². The van der Waals surface area contributed by atoms with Gasteiger partial charge in [0.1, 0.15) is 11.6 Å². The van der Waals surface area contributed by atoms with Crippen LogP contribution in [0, 0.1) is 34.0 Å². The minimum absolute atomic E-state index is 0.152. The second-order valence-corrected chi connectivity index (χ2v) is 8.87. The van der Waals surface area contributed by atoms with Gasteiger partial charge in [0.2, 0.25) is 0 Å². The Bertz CT molecular complexity index is 567. The van der Waals surface area contributed by atoms with E-state index in [0.717, 1.165) is 19.3 Å². The average Bonchev–Trinajstić information content (AvgIpc) is 2.87. The molecule has 7 unspecified atom stereocenters. The molecule has 0 saturated heterocycles. The first-order valence-electron chi connectivity index (χ1n) is 9.02. The van der Waals surface area contributed by atoms with E-state index in [4.69, 9.17) is 0 Å². The standard InChI is InChI=1S/C20H30O3/c1-6-18(4)11-15(22)19(5)12(2)7-9-20(13(3)17(18)23)10-8-14(21)16(19)20/h6,12-13,15-16,22H,1,7-11H2,2-5H3. The molecule has 3 aliphatic carbocycles. The van der Waals surface area contributed by atoms with E-state index in [1.165, 1.54) is 0 Å². The zero-order valence-corrected chi connectivity index (χ0v) is 14.9. The Morgan fingerprint density at radius 2 is 1.87 bits per heavy atom. The molecule has 2 bridgehead atoms. The highest BCUT2D eigenvalue weighted by molar-refractivity contribution is 5.92. The maximum atomic E-state index is 13.2. The molecule has 0 aromatic rings. The summed E-state index contributed by atoms with van der Waals surface area (Å²) in [6, 6.07) is 0. The summed E-state index contributed by atoms with van der Waals surface area (Å²) in [5, 5.41) is 11.1.